The van der Waals surface area contributed by atoms with Crippen LogP contribution in [0.25, 0.3) is 0 Å². The van der Waals surface area contributed by atoms with Gasteiger partial charge in [-0.25, -0.2) is 4.79 Å². The molecule has 0 radical (unpaired) electrons. The third-order valence-corrected chi connectivity index (χ3v) is 3.14. The third-order valence-electron chi connectivity index (χ3n) is 3.14. The topological polar surface area (TPSA) is 96.3 Å². The summed E-state index contributed by atoms with van der Waals surface area (Å²) in [6.45, 7) is 1.80. The number of furan rings is 1. The summed E-state index contributed by atoms with van der Waals surface area (Å²) in [5, 5.41) is 7.94. The van der Waals surface area contributed by atoms with Crippen molar-refractivity contribution in [3.05, 3.63) is 48.7 Å². The quantitative estimate of drug-likeness (QED) is 0.727. The van der Waals surface area contributed by atoms with Gasteiger partial charge in [0.15, 0.2) is 0 Å². The molecule has 0 aromatic carbocycles. The molecule has 0 saturated heterocycles. The number of amides is 3. The molecule has 2 aromatic heterocycles. The Morgan fingerprint density at radius 1 is 1.30 bits per heavy atom. The Kier molecular flexibility index (Phi) is 6.17. The molecular weight excluding hydrogens is 296 g/mol. The second-order valence-corrected chi connectivity index (χ2v) is 5.14. The Morgan fingerprint density at radius 2 is 2.17 bits per heavy atom. The van der Waals surface area contributed by atoms with Crippen LogP contribution in [0.5, 0.6) is 0 Å². The molecule has 0 aliphatic carbocycles. The van der Waals surface area contributed by atoms with Crippen molar-refractivity contribution in [2.75, 3.05) is 11.9 Å². The molecule has 0 bridgehead atoms. The fourth-order valence-corrected chi connectivity index (χ4v) is 1.96. The van der Waals surface area contributed by atoms with Gasteiger partial charge >= 0.3 is 6.03 Å². The lowest BCUT2D eigenvalue weighted by Gasteiger charge is -2.14. The molecule has 7 heteroatoms. The van der Waals surface area contributed by atoms with E-state index in [2.05, 4.69) is 20.9 Å². The molecule has 1 atom stereocenters. The number of hydrogen-bond acceptors (Lipinski definition) is 4. The average molecular weight is 316 g/mol. The van der Waals surface area contributed by atoms with Crippen molar-refractivity contribution in [1.82, 2.24) is 15.6 Å². The lowest BCUT2D eigenvalue weighted by atomic mass is 10.1. The van der Waals surface area contributed by atoms with Crippen LogP contribution in [0, 0.1) is 0 Å². The number of nitrogens with one attached hydrogen (secondary N) is 3. The third kappa shape index (κ3) is 6.21. The minimum absolute atomic E-state index is 0.0264. The highest BCUT2D eigenvalue weighted by atomic mass is 16.3. The first-order valence-corrected chi connectivity index (χ1v) is 7.40. The molecule has 0 aliphatic heterocycles. The van der Waals surface area contributed by atoms with Crippen molar-refractivity contribution in [3.8, 4) is 0 Å². The van der Waals surface area contributed by atoms with Crippen molar-refractivity contribution in [2.45, 2.75) is 25.8 Å². The van der Waals surface area contributed by atoms with E-state index in [9.17, 15) is 9.59 Å². The van der Waals surface area contributed by atoms with Crippen LogP contribution in [-0.4, -0.2) is 29.5 Å². The monoisotopic (exact) mass is 316 g/mol. The van der Waals surface area contributed by atoms with Crippen LogP contribution in [0.3, 0.4) is 0 Å². The number of carbonyl (C=O) groups excluding carboxylic acids is 2. The second-order valence-electron chi connectivity index (χ2n) is 5.14. The Balaban J connectivity index is 1.63. The van der Waals surface area contributed by atoms with Crippen molar-refractivity contribution in [1.29, 1.82) is 0 Å². The maximum absolute atomic E-state index is 11.7. The minimum Gasteiger partial charge on any atom is -0.469 e. The number of urea groups is 1. The molecule has 2 heterocycles. The molecule has 0 unspecified atom stereocenters. The van der Waals surface area contributed by atoms with Gasteiger partial charge in [0.05, 0.1) is 24.7 Å². The van der Waals surface area contributed by atoms with E-state index in [0.29, 0.717) is 5.69 Å². The highest BCUT2D eigenvalue weighted by Crippen LogP contribution is 2.05. The maximum atomic E-state index is 11.7. The van der Waals surface area contributed by atoms with E-state index < -0.39 is 0 Å². The highest BCUT2D eigenvalue weighted by molar-refractivity contribution is 5.94. The first kappa shape index (κ1) is 16.5. The molecule has 0 fully saturated rings. The molecule has 2 rings (SSSR count). The van der Waals surface area contributed by atoms with Crippen molar-refractivity contribution in [2.24, 2.45) is 0 Å². The number of anilines is 1. The lowest BCUT2D eigenvalue weighted by Crippen LogP contribution is -2.43. The van der Waals surface area contributed by atoms with Crippen LogP contribution in [0.1, 0.15) is 19.1 Å². The van der Waals surface area contributed by atoms with E-state index in [1.165, 1.54) is 6.20 Å². The summed E-state index contributed by atoms with van der Waals surface area (Å²) in [4.78, 5) is 27.3. The fourth-order valence-electron chi connectivity index (χ4n) is 1.96. The Labute approximate surface area is 134 Å². The van der Waals surface area contributed by atoms with Crippen molar-refractivity contribution >= 4 is 17.6 Å². The van der Waals surface area contributed by atoms with E-state index >= 15 is 0 Å². The smallest absolute Gasteiger partial charge is 0.315 e. The molecule has 7 nitrogen and oxygen atoms in total. The van der Waals surface area contributed by atoms with Crippen LogP contribution >= 0.6 is 0 Å². The number of aryl methyl sites for hydroxylation is 1. The van der Waals surface area contributed by atoms with Gasteiger partial charge in [-0.3, -0.25) is 9.78 Å². The van der Waals surface area contributed by atoms with E-state index in [-0.39, 0.29) is 24.5 Å². The first-order chi connectivity index (χ1) is 11.1. The fraction of sp³-hybridized carbons (Fsp3) is 0.312. The minimum atomic E-state index is -0.377. The van der Waals surface area contributed by atoms with Gasteiger partial charge < -0.3 is 20.4 Å². The number of rotatable bonds is 7. The van der Waals surface area contributed by atoms with Gasteiger partial charge in [0.2, 0.25) is 5.91 Å². The summed E-state index contributed by atoms with van der Waals surface area (Å²) < 4.78 is 5.24. The summed E-state index contributed by atoms with van der Waals surface area (Å²) >= 11 is 0. The Hall–Kier alpha value is -2.83. The molecular formula is C16H20N4O3. The van der Waals surface area contributed by atoms with Gasteiger partial charge in [0, 0.05) is 18.7 Å². The van der Waals surface area contributed by atoms with Crippen LogP contribution in [0.4, 0.5) is 10.5 Å². The van der Waals surface area contributed by atoms with E-state index in [1.54, 1.807) is 24.6 Å². The summed E-state index contributed by atoms with van der Waals surface area (Å²) in [6, 6.07) is 6.77. The number of carbonyl (C=O) groups is 2. The molecule has 0 spiro atoms. The first-order valence-electron chi connectivity index (χ1n) is 7.40. The van der Waals surface area contributed by atoms with Gasteiger partial charge in [-0.05, 0) is 37.6 Å². The summed E-state index contributed by atoms with van der Waals surface area (Å²) in [7, 11) is 0. The summed E-state index contributed by atoms with van der Waals surface area (Å²) in [5.74, 6) is 0.575. The molecule has 0 saturated carbocycles. The molecule has 3 N–H and O–H groups in total. The van der Waals surface area contributed by atoms with Crippen LogP contribution in [0.2, 0.25) is 0 Å². The van der Waals surface area contributed by atoms with Crippen LogP contribution in [0.15, 0.2) is 47.3 Å². The number of pyridine rings is 1. The summed E-state index contributed by atoms with van der Waals surface area (Å²) in [6.07, 6.45) is 6.28. The zero-order chi connectivity index (χ0) is 16.5. The molecule has 2 aromatic rings. The maximum Gasteiger partial charge on any atom is 0.315 e. The predicted molar refractivity (Wildman–Crippen MR) is 85.9 cm³/mol. The van der Waals surface area contributed by atoms with Gasteiger partial charge in [-0.15, -0.1) is 0 Å². The highest BCUT2D eigenvalue weighted by Gasteiger charge is 2.10. The molecule has 3 amide bonds. The zero-order valence-electron chi connectivity index (χ0n) is 12.9. The van der Waals surface area contributed by atoms with Gasteiger partial charge in [0.25, 0.3) is 0 Å². The van der Waals surface area contributed by atoms with Crippen LogP contribution < -0.4 is 16.0 Å². The van der Waals surface area contributed by atoms with E-state index in [1.807, 2.05) is 19.1 Å². The number of hydrogen-bond donors (Lipinski definition) is 3. The Morgan fingerprint density at radius 3 is 2.87 bits per heavy atom. The SMILES string of the molecule is C[C@H](CCc1ccco1)NC(=O)NCC(=O)Nc1cccnc1. The lowest BCUT2D eigenvalue weighted by molar-refractivity contribution is -0.115. The molecule has 122 valence electrons. The van der Waals surface area contributed by atoms with Gasteiger partial charge in [-0.1, -0.05) is 0 Å². The standard InChI is InChI=1S/C16H20N4O3/c1-12(6-7-14-5-3-9-23-14)19-16(22)18-11-15(21)20-13-4-2-8-17-10-13/h2-5,8-10,12H,6-7,11H2,1H3,(H,20,21)(H2,18,19,22)/t12-/m1/s1. The van der Waals surface area contributed by atoms with Gasteiger partial charge in [0.1, 0.15) is 5.76 Å². The average Bonchev–Trinajstić information content (AvgIpc) is 3.05. The predicted octanol–water partition coefficient (Wildman–Crippen LogP) is 1.93. The largest absolute Gasteiger partial charge is 0.469 e. The number of nitrogens with zero attached hydrogens (tertiary/aromatic N) is 1. The van der Waals surface area contributed by atoms with Crippen LogP contribution in [-0.2, 0) is 11.2 Å². The zero-order valence-corrected chi connectivity index (χ0v) is 12.9. The van der Waals surface area contributed by atoms with Crippen molar-refractivity contribution in [3.63, 3.8) is 0 Å². The molecule has 23 heavy (non-hydrogen) atoms. The molecule has 0 aliphatic rings. The van der Waals surface area contributed by atoms with Gasteiger partial charge in [-0.2, -0.15) is 0 Å². The summed E-state index contributed by atoms with van der Waals surface area (Å²) in [5.41, 5.74) is 0.589. The number of aromatic nitrogens is 1. The Bertz CT molecular complexity index is 614. The normalized spacial score (nSPS) is 11.5. The van der Waals surface area contributed by atoms with E-state index in [4.69, 9.17) is 4.42 Å². The second kappa shape index (κ2) is 8.57. The van der Waals surface area contributed by atoms with E-state index in [0.717, 1.165) is 18.6 Å². The van der Waals surface area contributed by atoms with Crippen molar-refractivity contribution < 1.29 is 14.0 Å².